The summed E-state index contributed by atoms with van der Waals surface area (Å²) < 4.78 is 0. The highest BCUT2D eigenvalue weighted by Gasteiger charge is 1.78. The molecule has 0 saturated carbocycles. The number of halogens is 1. The molecule has 0 aliphatic rings. The third-order valence-electron chi connectivity index (χ3n) is 0.534. The molecule has 0 spiro atoms. The fraction of sp³-hybridized carbons (Fsp3) is 0. The number of aromatic nitrogens is 2. The number of carbonyl (C=O) groups excluding carboxylic acids is 1. The molecule has 52 valence electrons. The molecule has 0 aromatic carbocycles. The zero-order valence-electron chi connectivity index (χ0n) is 4.91. The van der Waals surface area contributed by atoms with Crippen LogP contribution in [0.3, 0.4) is 0 Å². The van der Waals surface area contributed by atoms with Crippen LogP contribution in [0, 0.1) is 5.41 Å². The van der Waals surface area contributed by atoms with Gasteiger partial charge in [-0.1, -0.05) is 0 Å². The zero-order chi connectivity index (χ0) is 7.82. The first-order chi connectivity index (χ1) is 4.81. The molecule has 0 atom stereocenters. The highest BCUT2D eigenvalue weighted by atomic mass is 35.5. The van der Waals surface area contributed by atoms with E-state index in [1.54, 1.807) is 18.5 Å². The minimum atomic E-state index is 0.294. The molecule has 0 aliphatic carbocycles. The Morgan fingerprint density at radius 3 is 2.10 bits per heavy atom. The number of hydrogen-bond donors (Lipinski definition) is 1. The van der Waals surface area contributed by atoms with Crippen molar-refractivity contribution in [2.24, 2.45) is 0 Å². The van der Waals surface area contributed by atoms with Crippen molar-refractivity contribution in [2.75, 3.05) is 0 Å². The lowest BCUT2D eigenvalue weighted by Gasteiger charge is -1.78. The first kappa shape index (κ1) is 8.75. The molecule has 4 nitrogen and oxygen atoms in total. The second-order valence-electron chi connectivity index (χ2n) is 1.12. The SMILES string of the molecule is Clc1ncccn1.N=C=O. The average molecular weight is 158 g/mol. The molecule has 1 rings (SSSR count). The maximum absolute atomic E-state index is 8.35. The van der Waals surface area contributed by atoms with Gasteiger partial charge in [0, 0.05) is 12.4 Å². The maximum Gasteiger partial charge on any atom is 0.231 e. The molecule has 0 amide bonds. The Hall–Kier alpha value is -1.25. The van der Waals surface area contributed by atoms with E-state index in [1.165, 1.54) is 0 Å². The van der Waals surface area contributed by atoms with Gasteiger partial charge in [0.15, 0.2) is 0 Å². The van der Waals surface area contributed by atoms with Crippen molar-refractivity contribution in [2.45, 2.75) is 0 Å². The monoisotopic (exact) mass is 157 g/mol. The van der Waals surface area contributed by atoms with Crippen LogP contribution in [-0.2, 0) is 4.79 Å². The zero-order valence-corrected chi connectivity index (χ0v) is 5.67. The van der Waals surface area contributed by atoms with Crippen LogP contribution >= 0.6 is 11.6 Å². The van der Waals surface area contributed by atoms with Crippen LogP contribution in [0.15, 0.2) is 18.5 Å². The summed E-state index contributed by atoms with van der Waals surface area (Å²) >= 11 is 5.32. The molecular weight excluding hydrogens is 154 g/mol. The first-order valence-corrected chi connectivity index (χ1v) is 2.65. The third-order valence-corrected chi connectivity index (χ3v) is 0.729. The summed E-state index contributed by atoms with van der Waals surface area (Å²) in [5.41, 5.74) is 0. The van der Waals surface area contributed by atoms with Gasteiger partial charge in [0.25, 0.3) is 0 Å². The Bertz CT molecular complexity index is 207. The summed E-state index contributed by atoms with van der Waals surface area (Å²) in [5, 5.41) is 5.70. The Labute approximate surface area is 62.4 Å². The third kappa shape index (κ3) is 4.90. The van der Waals surface area contributed by atoms with Gasteiger partial charge in [0.1, 0.15) is 0 Å². The van der Waals surface area contributed by atoms with Crippen LogP contribution in [0.1, 0.15) is 0 Å². The van der Waals surface area contributed by atoms with E-state index in [-0.39, 0.29) is 0 Å². The summed E-state index contributed by atoms with van der Waals surface area (Å²) in [6, 6.07) is 1.71. The summed E-state index contributed by atoms with van der Waals surface area (Å²) in [6.07, 6.45) is 3.94. The quantitative estimate of drug-likeness (QED) is 0.348. The highest BCUT2D eigenvalue weighted by Crippen LogP contribution is 1.92. The van der Waals surface area contributed by atoms with E-state index in [4.69, 9.17) is 21.8 Å². The molecule has 0 fully saturated rings. The first-order valence-electron chi connectivity index (χ1n) is 2.27. The minimum Gasteiger partial charge on any atom is -0.227 e. The summed E-state index contributed by atoms with van der Waals surface area (Å²) in [6.45, 7) is 0. The molecule has 10 heavy (non-hydrogen) atoms. The van der Waals surface area contributed by atoms with Gasteiger partial charge in [-0.3, -0.25) is 0 Å². The van der Waals surface area contributed by atoms with Gasteiger partial charge >= 0.3 is 0 Å². The van der Waals surface area contributed by atoms with Crippen LogP contribution in [0.5, 0.6) is 0 Å². The lowest BCUT2D eigenvalue weighted by atomic mass is 10.7. The molecule has 0 radical (unpaired) electrons. The summed E-state index contributed by atoms with van der Waals surface area (Å²) in [5.74, 6) is 0. The van der Waals surface area contributed by atoms with Crippen molar-refractivity contribution in [3.63, 3.8) is 0 Å². The van der Waals surface area contributed by atoms with Crippen molar-refractivity contribution < 1.29 is 4.79 Å². The molecule has 0 aliphatic heterocycles. The lowest BCUT2D eigenvalue weighted by molar-refractivity contribution is 0.563. The van der Waals surface area contributed by atoms with Gasteiger partial charge in [-0.25, -0.2) is 20.2 Å². The topological polar surface area (TPSA) is 66.7 Å². The van der Waals surface area contributed by atoms with E-state index in [9.17, 15) is 0 Å². The van der Waals surface area contributed by atoms with Gasteiger partial charge < -0.3 is 0 Å². The number of nitrogens with zero attached hydrogens (tertiary/aromatic N) is 2. The van der Waals surface area contributed by atoms with Gasteiger partial charge in [-0.2, -0.15) is 0 Å². The van der Waals surface area contributed by atoms with Crippen molar-refractivity contribution in [3.05, 3.63) is 23.7 Å². The van der Waals surface area contributed by atoms with E-state index < -0.39 is 0 Å². The summed E-state index contributed by atoms with van der Waals surface area (Å²) in [4.78, 5) is 15.6. The molecule has 0 unspecified atom stereocenters. The molecule has 1 heterocycles. The van der Waals surface area contributed by atoms with Crippen molar-refractivity contribution in [1.29, 1.82) is 5.41 Å². The Morgan fingerprint density at radius 1 is 1.50 bits per heavy atom. The van der Waals surface area contributed by atoms with E-state index in [2.05, 4.69) is 9.97 Å². The van der Waals surface area contributed by atoms with Crippen LogP contribution in [0.4, 0.5) is 0 Å². The van der Waals surface area contributed by atoms with Crippen LogP contribution in [0.25, 0.3) is 0 Å². The summed E-state index contributed by atoms with van der Waals surface area (Å²) in [7, 11) is 0. The largest absolute Gasteiger partial charge is 0.231 e. The predicted octanol–water partition coefficient (Wildman–Crippen LogP) is 1.03. The molecule has 1 aromatic heterocycles. The number of hydrogen-bond acceptors (Lipinski definition) is 4. The highest BCUT2D eigenvalue weighted by molar-refractivity contribution is 6.28. The second-order valence-corrected chi connectivity index (χ2v) is 1.46. The molecular formula is C5H4ClN3O. The average Bonchev–Trinajstić information content (AvgIpc) is 1.91. The fourth-order valence-electron chi connectivity index (χ4n) is 0.281. The molecule has 5 heteroatoms. The van der Waals surface area contributed by atoms with Crippen LogP contribution in [0.2, 0.25) is 5.28 Å². The van der Waals surface area contributed by atoms with Gasteiger partial charge in [-0.15, -0.1) is 0 Å². The maximum atomic E-state index is 8.35. The predicted molar refractivity (Wildman–Crippen MR) is 35.5 cm³/mol. The lowest BCUT2D eigenvalue weighted by Crippen LogP contribution is -1.73. The Morgan fingerprint density at radius 2 is 1.90 bits per heavy atom. The van der Waals surface area contributed by atoms with E-state index in [0.717, 1.165) is 6.08 Å². The number of isocyanates is 1. The molecule has 0 bridgehead atoms. The molecule has 1 N–H and O–H groups in total. The number of nitrogens with one attached hydrogen (secondary N) is 1. The molecule has 1 aromatic rings. The van der Waals surface area contributed by atoms with E-state index in [0.29, 0.717) is 5.28 Å². The molecule has 0 saturated heterocycles. The van der Waals surface area contributed by atoms with Crippen molar-refractivity contribution in [1.82, 2.24) is 9.97 Å². The Kier molecular flexibility index (Phi) is 5.14. The van der Waals surface area contributed by atoms with Crippen LogP contribution < -0.4 is 0 Å². The number of rotatable bonds is 0. The smallest absolute Gasteiger partial charge is 0.227 e. The minimum absolute atomic E-state index is 0.294. The van der Waals surface area contributed by atoms with Crippen molar-refractivity contribution >= 4 is 17.7 Å². The fourth-order valence-corrected chi connectivity index (χ4v) is 0.394. The van der Waals surface area contributed by atoms with Gasteiger partial charge in [0.05, 0.1) is 0 Å². The standard InChI is InChI=1S/C4H3ClN2.CHNO/c5-4-6-2-1-3-7-4;2-1-3/h1-3H;2H. The second kappa shape index (κ2) is 5.88. The normalized spacial score (nSPS) is 6.90. The van der Waals surface area contributed by atoms with E-state index >= 15 is 0 Å². The van der Waals surface area contributed by atoms with Crippen molar-refractivity contribution in [3.8, 4) is 0 Å². The van der Waals surface area contributed by atoms with E-state index in [1.807, 2.05) is 0 Å². The van der Waals surface area contributed by atoms with Gasteiger partial charge in [0.2, 0.25) is 11.4 Å². The van der Waals surface area contributed by atoms with Gasteiger partial charge in [-0.05, 0) is 17.7 Å². The Balaban J connectivity index is 0.000000236. The van der Waals surface area contributed by atoms with Crippen LogP contribution in [-0.4, -0.2) is 16.0 Å².